The molecule has 0 bridgehead atoms. The van der Waals surface area contributed by atoms with Gasteiger partial charge in [0.15, 0.2) is 5.90 Å². The van der Waals surface area contributed by atoms with Gasteiger partial charge in [-0.05, 0) is 32.6 Å². The van der Waals surface area contributed by atoms with Crippen LogP contribution in [0.4, 0.5) is 0 Å². The number of esters is 1. The first-order valence-electron chi connectivity index (χ1n) is 7.70. The zero-order valence-electron chi connectivity index (χ0n) is 12.8. The van der Waals surface area contributed by atoms with E-state index >= 15 is 0 Å². The van der Waals surface area contributed by atoms with Gasteiger partial charge in [-0.3, -0.25) is 9.79 Å². The second-order valence-corrected chi connectivity index (χ2v) is 5.27. The van der Waals surface area contributed by atoms with Crippen LogP contribution in [0.25, 0.3) is 0 Å². The number of ether oxygens (including phenoxy) is 2. The lowest BCUT2D eigenvalue weighted by molar-refractivity contribution is -0.142. The van der Waals surface area contributed by atoms with Crippen molar-refractivity contribution >= 4 is 11.9 Å². The van der Waals surface area contributed by atoms with E-state index < -0.39 is 6.04 Å². The molecule has 0 aromatic rings. The number of methoxy groups -OCH3 is 1. The molecule has 20 heavy (non-hydrogen) atoms. The van der Waals surface area contributed by atoms with Gasteiger partial charge in [0.2, 0.25) is 0 Å². The van der Waals surface area contributed by atoms with Gasteiger partial charge in [0.25, 0.3) is 0 Å². The third kappa shape index (κ3) is 6.37. The van der Waals surface area contributed by atoms with Crippen molar-refractivity contribution in [2.75, 3.05) is 13.7 Å². The third-order valence-electron chi connectivity index (χ3n) is 3.62. The highest BCUT2D eigenvalue weighted by Crippen LogP contribution is 2.19. The van der Waals surface area contributed by atoms with Crippen LogP contribution in [0.5, 0.6) is 0 Å². The second-order valence-electron chi connectivity index (χ2n) is 5.27. The molecule has 0 fully saturated rings. The van der Waals surface area contributed by atoms with E-state index in [1.165, 1.54) is 20.0 Å². The fraction of sp³-hybridized carbons (Fsp3) is 0.867. The van der Waals surface area contributed by atoms with Crippen LogP contribution in [0.2, 0.25) is 0 Å². The van der Waals surface area contributed by atoms with E-state index in [0.717, 1.165) is 38.0 Å². The molecule has 1 rings (SSSR count). The van der Waals surface area contributed by atoms with Crippen molar-refractivity contribution in [2.24, 2.45) is 10.7 Å². The molecule has 5 nitrogen and oxygen atoms in total. The lowest BCUT2D eigenvalue weighted by Gasteiger charge is -2.13. The van der Waals surface area contributed by atoms with Crippen molar-refractivity contribution in [2.45, 2.75) is 70.4 Å². The zero-order chi connectivity index (χ0) is 14.8. The Kier molecular flexibility index (Phi) is 8.26. The summed E-state index contributed by atoms with van der Waals surface area (Å²) in [7, 11) is 1.37. The average molecular weight is 284 g/mol. The number of unbranched alkanes of at least 4 members (excludes halogenated alkanes) is 1. The van der Waals surface area contributed by atoms with Gasteiger partial charge < -0.3 is 15.2 Å². The summed E-state index contributed by atoms with van der Waals surface area (Å²) in [5.74, 6) is 0.595. The number of hydrogen-bond acceptors (Lipinski definition) is 5. The molecule has 5 heteroatoms. The smallest absolute Gasteiger partial charge is 0.322 e. The quantitative estimate of drug-likeness (QED) is 0.575. The first-order chi connectivity index (χ1) is 9.67. The van der Waals surface area contributed by atoms with Gasteiger partial charge in [-0.15, -0.1) is 0 Å². The van der Waals surface area contributed by atoms with E-state index in [2.05, 4.69) is 4.74 Å². The number of aliphatic imine (C=N–C) groups is 1. The predicted molar refractivity (Wildman–Crippen MR) is 79.8 cm³/mol. The molecule has 0 saturated carbocycles. The molecule has 0 saturated heterocycles. The predicted octanol–water partition coefficient (Wildman–Crippen LogP) is 2.42. The van der Waals surface area contributed by atoms with Gasteiger partial charge in [-0.25, -0.2) is 0 Å². The molecule has 0 unspecified atom stereocenters. The molecule has 0 aliphatic carbocycles. The summed E-state index contributed by atoms with van der Waals surface area (Å²) in [6.45, 7) is 2.69. The molecule has 2 N–H and O–H groups in total. The normalized spacial score (nSPS) is 20.8. The Labute approximate surface area is 121 Å². The van der Waals surface area contributed by atoms with Crippen molar-refractivity contribution in [3.05, 3.63) is 0 Å². The summed E-state index contributed by atoms with van der Waals surface area (Å²) in [6, 6.07) is -0.120. The molecule has 0 aromatic heterocycles. The maximum absolute atomic E-state index is 11.2. The van der Waals surface area contributed by atoms with Gasteiger partial charge in [0.1, 0.15) is 6.04 Å². The first-order valence-corrected chi connectivity index (χ1v) is 7.70. The van der Waals surface area contributed by atoms with Crippen LogP contribution < -0.4 is 5.73 Å². The van der Waals surface area contributed by atoms with Crippen LogP contribution in [0.3, 0.4) is 0 Å². The topological polar surface area (TPSA) is 73.9 Å². The lowest BCUT2D eigenvalue weighted by atomic mass is 10.0. The maximum atomic E-state index is 11.2. The molecule has 1 aliphatic heterocycles. The molecule has 2 atom stereocenters. The van der Waals surface area contributed by atoms with E-state index in [4.69, 9.17) is 15.5 Å². The van der Waals surface area contributed by atoms with Crippen LogP contribution in [0, 0.1) is 0 Å². The summed E-state index contributed by atoms with van der Waals surface area (Å²) < 4.78 is 10.2. The monoisotopic (exact) mass is 284 g/mol. The minimum atomic E-state index is -0.489. The Morgan fingerprint density at radius 1 is 1.45 bits per heavy atom. The SMILES string of the molecule is CCOC1=N[C@@H](CCCC[C@@H](N)C(=O)OC)CCCC1. The Hall–Kier alpha value is -1.10. The van der Waals surface area contributed by atoms with Gasteiger partial charge in [-0.1, -0.05) is 19.3 Å². The van der Waals surface area contributed by atoms with E-state index in [1.807, 2.05) is 6.92 Å². The van der Waals surface area contributed by atoms with E-state index in [0.29, 0.717) is 19.1 Å². The Morgan fingerprint density at radius 3 is 2.95 bits per heavy atom. The summed E-state index contributed by atoms with van der Waals surface area (Å²) in [5, 5.41) is 0. The number of carbonyl (C=O) groups excluding carboxylic acids is 1. The van der Waals surface area contributed by atoms with Crippen LogP contribution >= 0.6 is 0 Å². The van der Waals surface area contributed by atoms with Gasteiger partial charge >= 0.3 is 5.97 Å². The molecule has 116 valence electrons. The van der Waals surface area contributed by atoms with E-state index in [9.17, 15) is 4.79 Å². The van der Waals surface area contributed by atoms with Crippen LogP contribution in [0.15, 0.2) is 4.99 Å². The van der Waals surface area contributed by atoms with Gasteiger partial charge in [0, 0.05) is 6.42 Å². The molecular formula is C15H28N2O3. The molecule has 1 heterocycles. The van der Waals surface area contributed by atoms with Crippen LogP contribution in [-0.4, -0.2) is 37.7 Å². The molecule has 0 spiro atoms. The standard InChI is InChI=1S/C15H28N2O3/c1-3-20-14-11-7-5-9-12(17-14)8-4-6-10-13(16)15(18)19-2/h12-13H,3-11,16H2,1-2H3/t12-,13+/m0/s1. The summed E-state index contributed by atoms with van der Waals surface area (Å²) in [6.07, 6.45) is 8.20. The fourth-order valence-corrected chi connectivity index (χ4v) is 2.49. The van der Waals surface area contributed by atoms with E-state index in [-0.39, 0.29) is 5.97 Å². The lowest BCUT2D eigenvalue weighted by Crippen LogP contribution is -2.31. The van der Waals surface area contributed by atoms with Gasteiger partial charge in [-0.2, -0.15) is 0 Å². The summed E-state index contributed by atoms with van der Waals surface area (Å²) >= 11 is 0. The van der Waals surface area contributed by atoms with Crippen molar-refractivity contribution in [1.82, 2.24) is 0 Å². The average Bonchev–Trinajstić information content (AvgIpc) is 2.68. The van der Waals surface area contributed by atoms with Crippen molar-refractivity contribution in [3.63, 3.8) is 0 Å². The Morgan fingerprint density at radius 2 is 2.25 bits per heavy atom. The largest absolute Gasteiger partial charge is 0.481 e. The number of nitrogens with zero attached hydrogens (tertiary/aromatic N) is 1. The van der Waals surface area contributed by atoms with Gasteiger partial charge in [0.05, 0.1) is 19.8 Å². The second kappa shape index (κ2) is 9.75. The number of rotatable bonds is 7. The highest BCUT2D eigenvalue weighted by molar-refractivity contribution is 5.76. The summed E-state index contributed by atoms with van der Waals surface area (Å²) in [4.78, 5) is 15.9. The minimum Gasteiger partial charge on any atom is -0.481 e. The number of hydrogen-bond donors (Lipinski definition) is 1. The van der Waals surface area contributed by atoms with Crippen LogP contribution in [-0.2, 0) is 14.3 Å². The van der Waals surface area contributed by atoms with Crippen molar-refractivity contribution in [1.29, 1.82) is 0 Å². The molecular weight excluding hydrogens is 256 g/mol. The van der Waals surface area contributed by atoms with Crippen molar-refractivity contribution in [3.8, 4) is 0 Å². The minimum absolute atomic E-state index is 0.323. The first kappa shape index (κ1) is 17.0. The highest BCUT2D eigenvalue weighted by atomic mass is 16.5. The van der Waals surface area contributed by atoms with Crippen molar-refractivity contribution < 1.29 is 14.3 Å². The molecule has 0 amide bonds. The molecule has 1 aliphatic rings. The third-order valence-corrected chi connectivity index (χ3v) is 3.62. The summed E-state index contributed by atoms with van der Waals surface area (Å²) in [5.41, 5.74) is 5.71. The number of carbonyl (C=O) groups is 1. The zero-order valence-corrected chi connectivity index (χ0v) is 12.8. The number of nitrogens with two attached hydrogens (primary N) is 1. The Bertz CT molecular complexity index is 318. The fourth-order valence-electron chi connectivity index (χ4n) is 2.49. The van der Waals surface area contributed by atoms with Crippen LogP contribution in [0.1, 0.15) is 58.3 Å². The highest BCUT2D eigenvalue weighted by Gasteiger charge is 2.16. The Balaban J connectivity index is 2.26. The van der Waals surface area contributed by atoms with E-state index in [1.54, 1.807) is 0 Å². The molecule has 0 aromatic carbocycles. The molecule has 0 radical (unpaired) electrons. The maximum Gasteiger partial charge on any atom is 0.322 e.